The van der Waals surface area contributed by atoms with Crippen LogP contribution >= 0.6 is 0 Å². The molecular weight excluding hydrogens is 330 g/mol. The number of amides is 1. The first-order valence-electron chi connectivity index (χ1n) is 9.19. The summed E-state index contributed by atoms with van der Waals surface area (Å²) in [5, 5.41) is 0. The number of carbonyl (C=O) groups is 1. The van der Waals surface area contributed by atoms with Gasteiger partial charge in [-0.05, 0) is 25.3 Å². The second-order valence-electron chi connectivity index (χ2n) is 6.64. The third kappa shape index (κ3) is 3.58. The first-order valence-corrected chi connectivity index (χ1v) is 9.19. The average molecular weight is 353 g/mol. The molecule has 0 bridgehead atoms. The standard InChI is InChI=1S/C18H23N7O/c26-17(24-7-2-1-3-8-24)15-13-16(22-14-21-15)23-9-11-25(12-10-23)18-19-5-4-6-20-18/h4-6,13-14H,1-3,7-12H2. The van der Waals surface area contributed by atoms with Gasteiger partial charge in [-0.2, -0.15) is 0 Å². The van der Waals surface area contributed by atoms with Crippen molar-refractivity contribution >= 4 is 17.7 Å². The van der Waals surface area contributed by atoms with E-state index in [0.29, 0.717) is 5.69 Å². The number of piperidine rings is 1. The highest BCUT2D eigenvalue weighted by atomic mass is 16.2. The van der Waals surface area contributed by atoms with Crippen LogP contribution in [0.5, 0.6) is 0 Å². The maximum absolute atomic E-state index is 12.7. The van der Waals surface area contributed by atoms with E-state index in [1.54, 1.807) is 12.4 Å². The van der Waals surface area contributed by atoms with Gasteiger partial charge < -0.3 is 14.7 Å². The van der Waals surface area contributed by atoms with E-state index >= 15 is 0 Å². The van der Waals surface area contributed by atoms with Gasteiger partial charge in [0.1, 0.15) is 17.8 Å². The van der Waals surface area contributed by atoms with Gasteiger partial charge in [0.2, 0.25) is 5.95 Å². The Morgan fingerprint density at radius 2 is 1.50 bits per heavy atom. The first kappa shape index (κ1) is 16.7. The first-order chi connectivity index (χ1) is 12.8. The van der Waals surface area contributed by atoms with E-state index in [1.165, 1.54) is 12.7 Å². The molecule has 4 heterocycles. The fourth-order valence-corrected chi connectivity index (χ4v) is 3.49. The molecule has 0 aliphatic carbocycles. The molecule has 0 radical (unpaired) electrons. The summed E-state index contributed by atoms with van der Waals surface area (Å²) in [6.45, 7) is 4.92. The van der Waals surface area contributed by atoms with E-state index in [4.69, 9.17) is 0 Å². The molecular formula is C18H23N7O. The van der Waals surface area contributed by atoms with Gasteiger partial charge in [0.25, 0.3) is 5.91 Å². The third-order valence-corrected chi connectivity index (χ3v) is 4.95. The molecule has 26 heavy (non-hydrogen) atoms. The van der Waals surface area contributed by atoms with Crippen molar-refractivity contribution < 1.29 is 4.79 Å². The summed E-state index contributed by atoms with van der Waals surface area (Å²) >= 11 is 0. The van der Waals surface area contributed by atoms with Crippen LogP contribution in [0.15, 0.2) is 30.9 Å². The normalized spacial score (nSPS) is 18.1. The van der Waals surface area contributed by atoms with Crippen LogP contribution < -0.4 is 9.80 Å². The van der Waals surface area contributed by atoms with Crippen LogP contribution in [0.4, 0.5) is 11.8 Å². The van der Waals surface area contributed by atoms with Gasteiger partial charge in [-0.15, -0.1) is 0 Å². The second kappa shape index (κ2) is 7.63. The molecule has 2 saturated heterocycles. The van der Waals surface area contributed by atoms with E-state index in [0.717, 1.165) is 63.9 Å². The number of hydrogen-bond donors (Lipinski definition) is 0. The lowest BCUT2D eigenvalue weighted by molar-refractivity contribution is 0.0718. The minimum Gasteiger partial charge on any atom is -0.353 e. The summed E-state index contributed by atoms with van der Waals surface area (Å²) in [6, 6.07) is 3.65. The Morgan fingerprint density at radius 3 is 2.23 bits per heavy atom. The smallest absolute Gasteiger partial charge is 0.272 e. The third-order valence-electron chi connectivity index (χ3n) is 4.95. The van der Waals surface area contributed by atoms with E-state index < -0.39 is 0 Å². The number of nitrogens with zero attached hydrogens (tertiary/aromatic N) is 7. The van der Waals surface area contributed by atoms with Gasteiger partial charge in [0.15, 0.2) is 0 Å². The van der Waals surface area contributed by atoms with Crippen molar-refractivity contribution in [1.29, 1.82) is 0 Å². The van der Waals surface area contributed by atoms with Gasteiger partial charge in [-0.3, -0.25) is 4.79 Å². The summed E-state index contributed by atoms with van der Waals surface area (Å²) in [6.07, 6.45) is 8.38. The predicted molar refractivity (Wildman–Crippen MR) is 98.2 cm³/mol. The van der Waals surface area contributed by atoms with Gasteiger partial charge >= 0.3 is 0 Å². The van der Waals surface area contributed by atoms with Crippen molar-refractivity contribution in [3.05, 3.63) is 36.5 Å². The molecule has 136 valence electrons. The van der Waals surface area contributed by atoms with Crippen molar-refractivity contribution in [3.63, 3.8) is 0 Å². The largest absolute Gasteiger partial charge is 0.353 e. The topological polar surface area (TPSA) is 78.4 Å². The molecule has 0 atom stereocenters. The summed E-state index contributed by atoms with van der Waals surface area (Å²) in [4.78, 5) is 36.1. The van der Waals surface area contributed by atoms with Crippen molar-refractivity contribution in [2.24, 2.45) is 0 Å². The Morgan fingerprint density at radius 1 is 0.808 bits per heavy atom. The lowest BCUT2D eigenvalue weighted by Crippen LogP contribution is -2.47. The quantitative estimate of drug-likeness (QED) is 0.821. The van der Waals surface area contributed by atoms with Crippen LogP contribution in [0.3, 0.4) is 0 Å². The fraction of sp³-hybridized carbons (Fsp3) is 0.500. The SMILES string of the molecule is O=C(c1cc(N2CCN(c3ncccn3)CC2)ncn1)N1CCCCC1. The van der Waals surface area contributed by atoms with Crippen LogP contribution in [0.25, 0.3) is 0 Å². The number of anilines is 2. The van der Waals surface area contributed by atoms with Crippen molar-refractivity contribution in [1.82, 2.24) is 24.8 Å². The zero-order valence-corrected chi connectivity index (χ0v) is 14.8. The van der Waals surface area contributed by atoms with Gasteiger partial charge in [-0.25, -0.2) is 19.9 Å². The zero-order chi connectivity index (χ0) is 17.8. The minimum atomic E-state index is 0.0182. The Labute approximate surface area is 152 Å². The van der Waals surface area contributed by atoms with Crippen molar-refractivity contribution in [2.45, 2.75) is 19.3 Å². The fourth-order valence-electron chi connectivity index (χ4n) is 3.49. The number of hydrogen-bond acceptors (Lipinski definition) is 7. The predicted octanol–water partition coefficient (Wildman–Crippen LogP) is 1.22. The van der Waals surface area contributed by atoms with E-state index in [9.17, 15) is 4.79 Å². The molecule has 2 fully saturated rings. The number of rotatable bonds is 3. The highest BCUT2D eigenvalue weighted by Crippen LogP contribution is 2.18. The molecule has 2 aromatic heterocycles. The summed E-state index contributed by atoms with van der Waals surface area (Å²) in [5.74, 6) is 1.59. The Hall–Kier alpha value is -2.77. The summed E-state index contributed by atoms with van der Waals surface area (Å²) < 4.78 is 0. The molecule has 0 N–H and O–H groups in total. The van der Waals surface area contributed by atoms with Gasteiger partial charge in [-0.1, -0.05) is 0 Å². The van der Waals surface area contributed by atoms with E-state index in [1.807, 2.05) is 17.0 Å². The molecule has 0 spiro atoms. The molecule has 2 aromatic rings. The molecule has 2 aliphatic heterocycles. The van der Waals surface area contributed by atoms with Crippen molar-refractivity contribution in [2.75, 3.05) is 49.1 Å². The highest BCUT2D eigenvalue weighted by molar-refractivity contribution is 5.93. The van der Waals surface area contributed by atoms with Crippen molar-refractivity contribution in [3.8, 4) is 0 Å². The maximum atomic E-state index is 12.7. The molecule has 0 unspecified atom stereocenters. The molecule has 0 saturated carbocycles. The molecule has 8 nitrogen and oxygen atoms in total. The van der Waals surface area contributed by atoms with E-state index in [2.05, 4.69) is 29.7 Å². The maximum Gasteiger partial charge on any atom is 0.272 e. The molecule has 8 heteroatoms. The second-order valence-corrected chi connectivity index (χ2v) is 6.64. The zero-order valence-electron chi connectivity index (χ0n) is 14.8. The number of carbonyl (C=O) groups excluding carboxylic acids is 1. The highest BCUT2D eigenvalue weighted by Gasteiger charge is 2.23. The van der Waals surface area contributed by atoms with Gasteiger partial charge in [0, 0.05) is 57.7 Å². The monoisotopic (exact) mass is 353 g/mol. The number of piperazine rings is 1. The van der Waals surface area contributed by atoms with Crippen LogP contribution in [0.2, 0.25) is 0 Å². The van der Waals surface area contributed by atoms with Crippen LogP contribution in [-0.2, 0) is 0 Å². The van der Waals surface area contributed by atoms with E-state index in [-0.39, 0.29) is 5.91 Å². The Balaban J connectivity index is 1.42. The summed E-state index contributed by atoms with van der Waals surface area (Å²) in [5.41, 5.74) is 0.491. The average Bonchev–Trinajstić information content (AvgIpc) is 2.75. The van der Waals surface area contributed by atoms with Crippen LogP contribution in [0, 0.1) is 0 Å². The molecule has 1 amide bonds. The number of likely N-dealkylation sites (tertiary alicyclic amines) is 1. The minimum absolute atomic E-state index is 0.0182. The lowest BCUT2D eigenvalue weighted by atomic mass is 10.1. The van der Waals surface area contributed by atoms with Crippen LogP contribution in [0.1, 0.15) is 29.8 Å². The molecule has 4 rings (SSSR count). The Bertz CT molecular complexity index is 740. The lowest BCUT2D eigenvalue weighted by Gasteiger charge is -2.35. The number of aromatic nitrogens is 4. The molecule has 0 aromatic carbocycles. The summed E-state index contributed by atoms with van der Waals surface area (Å²) in [7, 11) is 0. The van der Waals surface area contributed by atoms with Gasteiger partial charge in [0.05, 0.1) is 0 Å². The molecule has 2 aliphatic rings. The Kier molecular flexibility index (Phi) is 4.90. The van der Waals surface area contributed by atoms with Crippen LogP contribution in [-0.4, -0.2) is 70.0 Å².